The number of ether oxygens (including phenoxy) is 2. The van der Waals surface area contributed by atoms with Crippen LogP contribution in [0.15, 0.2) is 41.5 Å². The molecule has 1 N–H and O–H groups in total. The highest BCUT2D eigenvalue weighted by atomic mass is 32.2. The van der Waals surface area contributed by atoms with Gasteiger partial charge in [-0.25, -0.2) is 13.8 Å². The van der Waals surface area contributed by atoms with Gasteiger partial charge in [0.05, 0.1) is 32.4 Å². The number of hydrazone groups is 1. The van der Waals surface area contributed by atoms with Crippen molar-refractivity contribution in [2.75, 3.05) is 31.3 Å². The molecule has 0 radical (unpaired) electrons. The summed E-state index contributed by atoms with van der Waals surface area (Å²) >= 11 is 0. The predicted octanol–water partition coefficient (Wildman–Crippen LogP) is 2.24. The van der Waals surface area contributed by atoms with E-state index >= 15 is 0 Å². The van der Waals surface area contributed by atoms with Gasteiger partial charge in [-0.1, -0.05) is 12.1 Å². The number of carbonyl (C=O) groups excluding carboxylic acids is 1. The van der Waals surface area contributed by atoms with Gasteiger partial charge in [-0.05, 0) is 43.2 Å². The van der Waals surface area contributed by atoms with Crippen molar-refractivity contribution >= 4 is 27.8 Å². The summed E-state index contributed by atoms with van der Waals surface area (Å²) < 4.78 is 36.0. The van der Waals surface area contributed by atoms with Gasteiger partial charge in [0.25, 0.3) is 5.91 Å². The molecule has 0 spiro atoms. The Morgan fingerprint density at radius 1 is 1.14 bits per heavy atom. The molecular formula is C20H25N3O5S. The van der Waals surface area contributed by atoms with Crippen LogP contribution in [0.2, 0.25) is 0 Å². The standard InChI is InChI=1S/C20H25N3O5S/c1-14-6-7-15(2)18(10-14)23(29(5,25)26)13-20(24)22-21-12-16-8-9-17(27-3)11-19(16)28-4/h6-12H,13H2,1-5H3,(H,22,24)/b21-12-. The Morgan fingerprint density at radius 3 is 2.48 bits per heavy atom. The average molecular weight is 420 g/mol. The molecule has 0 aliphatic heterocycles. The second kappa shape index (κ2) is 9.42. The van der Waals surface area contributed by atoms with Crippen molar-refractivity contribution in [1.82, 2.24) is 5.43 Å². The first-order valence-corrected chi connectivity index (χ1v) is 10.6. The smallest absolute Gasteiger partial charge is 0.260 e. The molecule has 0 fully saturated rings. The normalized spacial score (nSPS) is 11.3. The maximum absolute atomic E-state index is 12.3. The van der Waals surface area contributed by atoms with Gasteiger partial charge in [0, 0.05) is 11.6 Å². The average Bonchev–Trinajstić information content (AvgIpc) is 2.67. The maximum Gasteiger partial charge on any atom is 0.260 e. The number of carbonyl (C=O) groups is 1. The zero-order valence-electron chi connectivity index (χ0n) is 17.1. The molecule has 0 aromatic heterocycles. The van der Waals surface area contributed by atoms with E-state index in [-0.39, 0.29) is 6.54 Å². The first kappa shape index (κ1) is 22.2. The Kier molecular flexibility index (Phi) is 7.22. The lowest BCUT2D eigenvalue weighted by Crippen LogP contribution is -2.39. The van der Waals surface area contributed by atoms with Gasteiger partial charge in [0.15, 0.2) is 0 Å². The number of nitrogens with one attached hydrogen (secondary N) is 1. The molecule has 8 nitrogen and oxygen atoms in total. The summed E-state index contributed by atoms with van der Waals surface area (Å²) in [6.45, 7) is 3.26. The number of hydrogen-bond acceptors (Lipinski definition) is 6. The van der Waals surface area contributed by atoms with Crippen LogP contribution < -0.4 is 19.2 Å². The molecule has 0 saturated carbocycles. The molecular weight excluding hydrogens is 394 g/mol. The van der Waals surface area contributed by atoms with Crippen molar-refractivity contribution in [2.45, 2.75) is 13.8 Å². The van der Waals surface area contributed by atoms with Crippen LogP contribution in [0.3, 0.4) is 0 Å². The van der Waals surface area contributed by atoms with Crippen molar-refractivity contribution < 1.29 is 22.7 Å². The van der Waals surface area contributed by atoms with E-state index in [1.807, 2.05) is 19.1 Å². The molecule has 2 aromatic carbocycles. The third-order valence-electron chi connectivity index (χ3n) is 4.15. The molecule has 9 heteroatoms. The van der Waals surface area contributed by atoms with Crippen LogP contribution in [0.4, 0.5) is 5.69 Å². The zero-order chi connectivity index (χ0) is 21.6. The van der Waals surface area contributed by atoms with Crippen LogP contribution in [0, 0.1) is 13.8 Å². The number of benzene rings is 2. The molecule has 156 valence electrons. The largest absolute Gasteiger partial charge is 0.497 e. The molecule has 0 saturated heterocycles. The fourth-order valence-corrected chi connectivity index (χ4v) is 3.54. The second-order valence-corrected chi connectivity index (χ2v) is 8.37. The van der Waals surface area contributed by atoms with E-state index in [0.717, 1.165) is 21.7 Å². The van der Waals surface area contributed by atoms with Gasteiger partial charge in [-0.3, -0.25) is 9.10 Å². The van der Waals surface area contributed by atoms with Gasteiger partial charge in [0.2, 0.25) is 10.0 Å². The predicted molar refractivity (Wildman–Crippen MR) is 113 cm³/mol. The number of aryl methyl sites for hydroxylation is 2. The summed E-state index contributed by atoms with van der Waals surface area (Å²) in [5.74, 6) is 0.580. The molecule has 0 aliphatic rings. The molecule has 1 amide bonds. The Balaban J connectivity index is 2.15. The minimum Gasteiger partial charge on any atom is -0.497 e. The van der Waals surface area contributed by atoms with Gasteiger partial charge < -0.3 is 9.47 Å². The fourth-order valence-electron chi connectivity index (χ4n) is 2.63. The summed E-state index contributed by atoms with van der Waals surface area (Å²) in [6, 6.07) is 10.6. The molecule has 29 heavy (non-hydrogen) atoms. The fraction of sp³-hybridized carbons (Fsp3) is 0.300. The number of rotatable bonds is 8. The summed E-state index contributed by atoms with van der Waals surface area (Å²) in [4.78, 5) is 12.3. The lowest BCUT2D eigenvalue weighted by molar-refractivity contribution is -0.119. The number of methoxy groups -OCH3 is 2. The van der Waals surface area contributed by atoms with E-state index in [0.29, 0.717) is 22.7 Å². The van der Waals surface area contributed by atoms with Crippen molar-refractivity contribution in [2.24, 2.45) is 5.10 Å². The highest BCUT2D eigenvalue weighted by Gasteiger charge is 2.22. The highest BCUT2D eigenvalue weighted by molar-refractivity contribution is 7.92. The molecule has 0 aliphatic carbocycles. The molecule has 0 heterocycles. The van der Waals surface area contributed by atoms with Crippen molar-refractivity contribution in [3.63, 3.8) is 0 Å². The maximum atomic E-state index is 12.3. The van der Waals surface area contributed by atoms with Crippen LogP contribution in [0.1, 0.15) is 16.7 Å². The molecule has 0 atom stereocenters. The van der Waals surface area contributed by atoms with E-state index in [9.17, 15) is 13.2 Å². The van der Waals surface area contributed by atoms with Crippen LogP contribution in [-0.4, -0.2) is 47.6 Å². The zero-order valence-corrected chi connectivity index (χ0v) is 17.9. The minimum atomic E-state index is -3.66. The van der Waals surface area contributed by atoms with Gasteiger partial charge in [-0.15, -0.1) is 0 Å². The number of hydrogen-bond donors (Lipinski definition) is 1. The summed E-state index contributed by atoms with van der Waals surface area (Å²) in [5, 5.41) is 3.91. The number of nitrogens with zero attached hydrogens (tertiary/aromatic N) is 2. The van der Waals surface area contributed by atoms with Crippen LogP contribution in [0.25, 0.3) is 0 Å². The quantitative estimate of drug-likeness (QED) is 0.523. The Bertz CT molecular complexity index is 1020. The Hall–Kier alpha value is -3.07. The topological polar surface area (TPSA) is 97.3 Å². The highest BCUT2D eigenvalue weighted by Crippen LogP contribution is 2.24. The van der Waals surface area contributed by atoms with Crippen LogP contribution in [-0.2, 0) is 14.8 Å². The molecule has 2 aromatic rings. The van der Waals surface area contributed by atoms with Gasteiger partial charge in [-0.2, -0.15) is 5.10 Å². The number of sulfonamides is 1. The van der Waals surface area contributed by atoms with Gasteiger partial charge >= 0.3 is 0 Å². The SMILES string of the molecule is COc1ccc(/C=N\NC(=O)CN(c2cc(C)ccc2C)S(C)(=O)=O)c(OC)c1. The van der Waals surface area contributed by atoms with Gasteiger partial charge in [0.1, 0.15) is 18.0 Å². The Morgan fingerprint density at radius 2 is 1.86 bits per heavy atom. The second-order valence-electron chi connectivity index (χ2n) is 6.46. The van der Waals surface area contributed by atoms with Crippen molar-refractivity contribution in [3.8, 4) is 11.5 Å². The van der Waals surface area contributed by atoms with E-state index in [4.69, 9.17) is 9.47 Å². The first-order chi connectivity index (χ1) is 13.7. The molecule has 0 unspecified atom stereocenters. The van der Waals surface area contributed by atoms with E-state index in [1.165, 1.54) is 13.3 Å². The third-order valence-corrected chi connectivity index (χ3v) is 5.28. The van der Waals surface area contributed by atoms with Crippen molar-refractivity contribution in [1.29, 1.82) is 0 Å². The molecule has 2 rings (SSSR count). The minimum absolute atomic E-state index is 0.389. The lowest BCUT2D eigenvalue weighted by atomic mass is 10.1. The van der Waals surface area contributed by atoms with Crippen LogP contribution >= 0.6 is 0 Å². The summed E-state index contributed by atoms with van der Waals surface area (Å²) in [5.41, 5.74) is 5.09. The molecule has 0 bridgehead atoms. The summed E-state index contributed by atoms with van der Waals surface area (Å²) in [6.07, 6.45) is 2.48. The summed E-state index contributed by atoms with van der Waals surface area (Å²) in [7, 11) is -0.601. The van der Waals surface area contributed by atoms with E-state index < -0.39 is 15.9 Å². The monoisotopic (exact) mass is 419 g/mol. The Labute approximate surface area is 171 Å². The van der Waals surface area contributed by atoms with Crippen molar-refractivity contribution in [3.05, 3.63) is 53.1 Å². The van der Waals surface area contributed by atoms with Crippen LogP contribution in [0.5, 0.6) is 11.5 Å². The third kappa shape index (κ3) is 5.95. The lowest BCUT2D eigenvalue weighted by Gasteiger charge is -2.23. The van der Waals surface area contributed by atoms with E-state index in [1.54, 1.807) is 38.3 Å². The first-order valence-electron chi connectivity index (χ1n) is 8.74. The van der Waals surface area contributed by atoms with E-state index in [2.05, 4.69) is 10.5 Å². The number of amides is 1. The number of anilines is 1.